The van der Waals surface area contributed by atoms with Crippen molar-refractivity contribution in [1.29, 1.82) is 0 Å². The molecule has 134 valence electrons. The van der Waals surface area contributed by atoms with E-state index in [4.69, 9.17) is 12.2 Å². The van der Waals surface area contributed by atoms with Gasteiger partial charge >= 0.3 is 6.03 Å². The molecule has 0 aromatic heterocycles. The van der Waals surface area contributed by atoms with E-state index < -0.39 is 0 Å². The average molecular weight is 351 g/mol. The molecule has 5 nitrogen and oxygen atoms in total. The van der Waals surface area contributed by atoms with Gasteiger partial charge in [0.2, 0.25) is 0 Å². The maximum atomic E-state index is 12.4. The number of urea groups is 1. The van der Waals surface area contributed by atoms with E-state index in [9.17, 15) is 4.79 Å². The molecule has 0 aromatic rings. The number of carbonyl (C=O) groups is 1. The molecule has 5 aliphatic rings. The molecule has 5 aliphatic carbocycles. The summed E-state index contributed by atoms with van der Waals surface area (Å²) in [6.45, 7) is 0. The molecule has 0 radical (unpaired) electrons. The van der Waals surface area contributed by atoms with Gasteiger partial charge in [0.25, 0.3) is 0 Å². The number of hydrogen-bond acceptors (Lipinski definition) is 2. The third-order valence-electron chi connectivity index (χ3n) is 6.65. The van der Waals surface area contributed by atoms with Crippen molar-refractivity contribution in [3.63, 3.8) is 0 Å². The molecule has 2 amide bonds. The summed E-state index contributed by atoms with van der Waals surface area (Å²) in [5.41, 5.74) is 5.65. The SMILES string of the molecule is O=C(NNC(=S)NC1CCCCC1)NC12CC3CC(CC(C3)C1)C2. The van der Waals surface area contributed by atoms with Gasteiger partial charge in [-0.05, 0) is 81.3 Å². The average Bonchev–Trinajstić information content (AvgIpc) is 2.52. The maximum Gasteiger partial charge on any atom is 0.333 e. The quantitative estimate of drug-likeness (QED) is 0.457. The van der Waals surface area contributed by atoms with Crippen molar-refractivity contribution in [3.8, 4) is 0 Å². The van der Waals surface area contributed by atoms with Crippen molar-refractivity contribution < 1.29 is 4.79 Å². The lowest BCUT2D eigenvalue weighted by molar-refractivity contribution is -0.0136. The van der Waals surface area contributed by atoms with Crippen LogP contribution in [0.5, 0.6) is 0 Å². The highest BCUT2D eigenvalue weighted by Crippen LogP contribution is 2.55. The van der Waals surface area contributed by atoms with Crippen molar-refractivity contribution in [2.75, 3.05) is 0 Å². The van der Waals surface area contributed by atoms with Crippen LogP contribution in [0.15, 0.2) is 0 Å². The molecule has 0 saturated heterocycles. The van der Waals surface area contributed by atoms with Gasteiger partial charge < -0.3 is 10.6 Å². The van der Waals surface area contributed by atoms with Gasteiger partial charge in [-0.15, -0.1) is 0 Å². The van der Waals surface area contributed by atoms with Crippen LogP contribution in [0.1, 0.15) is 70.6 Å². The monoisotopic (exact) mass is 350 g/mol. The molecular formula is C18H30N4OS. The van der Waals surface area contributed by atoms with E-state index in [1.165, 1.54) is 51.4 Å². The van der Waals surface area contributed by atoms with Crippen molar-refractivity contribution in [2.45, 2.75) is 82.2 Å². The maximum absolute atomic E-state index is 12.4. The van der Waals surface area contributed by atoms with Crippen molar-refractivity contribution in [1.82, 2.24) is 21.5 Å². The van der Waals surface area contributed by atoms with Crippen LogP contribution in [0.4, 0.5) is 4.79 Å². The standard InChI is InChI=1S/C18H30N4OS/c23-16(21-22-17(24)19-15-4-2-1-3-5-15)20-18-9-12-6-13(10-18)8-14(7-12)11-18/h12-15H,1-11H2,(H2,19,22,24)(H2,20,21,23). The van der Waals surface area contributed by atoms with Crippen molar-refractivity contribution in [3.05, 3.63) is 0 Å². The molecule has 0 heterocycles. The Morgan fingerprint density at radius 2 is 1.46 bits per heavy atom. The molecule has 0 aliphatic heterocycles. The Bertz CT molecular complexity index is 468. The molecular weight excluding hydrogens is 320 g/mol. The van der Waals surface area contributed by atoms with Gasteiger partial charge in [-0.3, -0.25) is 5.43 Å². The fourth-order valence-corrected chi connectivity index (χ4v) is 6.34. The van der Waals surface area contributed by atoms with Crippen LogP contribution >= 0.6 is 12.2 Å². The number of hydrogen-bond donors (Lipinski definition) is 4. The molecule has 6 heteroatoms. The lowest BCUT2D eigenvalue weighted by Gasteiger charge is -2.56. The summed E-state index contributed by atoms with van der Waals surface area (Å²) in [6.07, 6.45) is 13.8. The Labute approximate surface area is 150 Å². The van der Waals surface area contributed by atoms with Crippen LogP contribution in [0.3, 0.4) is 0 Å². The minimum Gasteiger partial charge on any atom is -0.359 e. The first kappa shape index (κ1) is 16.4. The fourth-order valence-electron chi connectivity index (χ4n) is 6.12. The van der Waals surface area contributed by atoms with Crippen LogP contribution in [-0.4, -0.2) is 22.7 Å². The van der Waals surface area contributed by atoms with E-state index in [1.807, 2.05) is 0 Å². The first-order valence-corrected chi connectivity index (χ1v) is 10.2. The Morgan fingerprint density at radius 1 is 0.875 bits per heavy atom. The lowest BCUT2D eigenvalue weighted by atomic mass is 9.53. The van der Waals surface area contributed by atoms with Gasteiger partial charge in [0, 0.05) is 11.6 Å². The van der Waals surface area contributed by atoms with Crippen LogP contribution in [0.2, 0.25) is 0 Å². The number of thiocarbonyl (C=S) groups is 1. The van der Waals surface area contributed by atoms with Crippen LogP contribution in [0.25, 0.3) is 0 Å². The molecule has 4 N–H and O–H groups in total. The summed E-state index contributed by atoms with van der Waals surface area (Å²) in [5, 5.41) is 7.13. The summed E-state index contributed by atoms with van der Waals surface area (Å²) in [7, 11) is 0. The second-order valence-electron chi connectivity index (χ2n) is 8.71. The fraction of sp³-hybridized carbons (Fsp3) is 0.889. The highest BCUT2D eigenvalue weighted by molar-refractivity contribution is 7.80. The summed E-state index contributed by atoms with van der Waals surface area (Å²) >= 11 is 5.30. The zero-order valence-electron chi connectivity index (χ0n) is 14.4. The first-order chi connectivity index (χ1) is 11.6. The molecule has 4 bridgehead atoms. The van der Waals surface area contributed by atoms with E-state index in [-0.39, 0.29) is 11.6 Å². The summed E-state index contributed by atoms with van der Waals surface area (Å²) < 4.78 is 0. The molecule has 5 fully saturated rings. The second-order valence-corrected chi connectivity index (χ2v) is 9.12. The minimum atomic E-state index is -0.134. The third-order valence-corrected chi connectivity index (χ3v) is 6.87. The Kier molecular flexibility index (Phi) is 4.58. The minimum absolute atomic E-state index is 0.0406. The van der Waals surface area contributed by atoms with Gasteiger partial charge in [-0.2, -0.15) is 0 Å². The number of amides is 2. The number of hydrazine groups is 1. The van der Waals surface area contributed by atoms with Gasteiger partial charge in [0.15, 0.2) is 5.11 Å². The van der Waals surface area contributed by atoms with Crippen LogP contribution < -0.4 is 21.5 Å². The Balaban J connectivity index is 1.23. The number of carbonyl (C=O) groups excluding carboxylic acids is 1. The zero-order chi connectivity index (χ0) is 16.6. The molecule has 24 heavy (non-hydrogen) atoms. The smallest absolute Gasteiger partial charge is 0.333 e. The van der Waals surface area contributed by atoms with Crippen molar-refractivity contribution in [2.24, 2.45) is 17.8 Å². The number of nitrogens with one attached hydrogen (secondary N) is 4. The Hall–Kier alpha value is -1.04. The molecule has 0 spiro atoms. The van der Waals surface area contributed by atoms with Gasteiger partial charge in [0.1, 0.15) is 0 Å². The normalized spacial score (nSPS) is 37.8. The molecule has 0 unspecified atom stereocenters. The highest BCUT2D eigenvalue weighted by Gasteiger charge is 2.51. The van der Waals surface area contributed by atoms with Crippen molar-refractivity contribution >= 4 is 23.4 Å². The van der Waals surface area contributed by atoms with Crippen LogP contribution in [-0.2, 0) is 0 Å². The van der Waals surface area contributed by atoms with E-state index >= 15 is 0 Å². The van der Waals surface area contributed by atoms with Gasteiger partial charge in [-0.25, -0.2) is 10.2 Å². The highest BCUT2D eigenvalue weighted by atomic mass is 32.1. The Morgan fingerprint density at radius 3 is 2.04 bits per heavy atom. The predicted octanol–water partition coefficient (Wildman–Crippen LogP) is 2.97. The van der Waals surface area contributed by atoms with E-state index in [2.05, 4.69) is 21.5 Å². The summed E-state index contributed by atoms with van der Waals surface area (Å²) in [6, 6.07) is 0.316. The largest absolute Gasteiger partial charge is 0.359 e. The summed E-state index contributed by atoms with van der Waals surface area (Å²) in [4.78, 5) is 12.4. The predicted molar refractivity (Wildman–Crippen MR) is 98.3 cm³/mol. The zero-order valence-corrected chi connectivity index (χ0v) is 15.2. The summed E-state index contributed by atoms with van der Waals surface area (Å²) in [5.74, 6) is 2.50. The van der Waals surface area contributed by atoms with Gasteiger partial charge in [-0.1, -0.05) is 19.3 Å². The topological polar surface area (TPSA) is 65.2 Å². The first-order valence-electron chi connectivity index (χ1n) is 9.75. The third kappa shape index (κ3) is 3.63. The van der Waals surface area contributed by atoms with E-state index in [1.54, 1.807) is 0 Å². The molecule has 0 aromatic carbocycles. The second kappa shape index (κ2) is 6.70. The molecule has 5 rings (SSSR count). The lowest BCUT2D eigenvalue weighted by Crippen LogP contribution is -2.63. The van der Waals surface area contributed by atoms with Gasteiger partial charge in [0.05, 0.1) is 0 Å². The number of rotatable bonds is 2. The molecule has 5 saturated carbocycles. The van der Waals surface area contributed by atoms with Crippen LogP contribution in [0, 0.1) is 17.8 Å². The molecule has 0 atom stereocenters. The van der Waals surface area contributed by atoms with E-state index in [0.717, 1.165) is 37.0 Å². The van der Waals surface area contributed by atoms with E-state index in [0.29, 0.717) is 11.2 Å².